The molecule has 0 radical (unpaired) electrons. The topological polar surface area (TPSA) is 78.4 Å². The zero-order valence-corrected chi connectivity index (χ0v) is 15.8. The van der Waals surface area contributed by atoms with Crippen molar-refractivity contribution in [3.63, 3.8) is 0 Å². The average Bonchev–Trinajstić information content (AvgIpc) is 2.65. The SMILES string of the molecule is O=C(O)C1CC2(CCN(Cc3ccc4c(c3)Nc3nccnc3S4)CC2)C1. The van der Waals surface area contributed by atoms with E-state index in [-0.39, 0.29) is 5.92 Å². The first-order chi connectivity index (χ1) is 13.1. The molecule has 1 saturated carbocycles. The van der Waals surface area contributed by atoms with E-state index >= 15 is 0 Å². The highest BCUT2D eigenvalue weighted by atomic mass is 32.2. The highest BCUT2D eigenvalue weighted by molar-refractivity contribution is 7.99. The number of rotatable bonds is 3. The van der Waals surface area contributed by atoms with Crippen molar-refractivity contribution in [2.24, 2.45) is 11.3 Å². The van der Waals surface area contributed by atoms with Crippen molar-refractivity contribution >= 4 is 29.2 Å². The zero-order chi connectivity index (χ0) is 18.4. The summed E-state index contributed by atoms with van der Waals surface area (Å²) >= 11 is 1.65. The van der Waals surface area contributed by atoms with Gasteiger partial charge in [0.15, 0.2) is 5.82 Å². The van der Waals surface area contributed by atoms with Gasteiger partial charge in [0.1, 0.15) is 5.03 Å². The molecule has 0 bridgehead atoms. The summed E-state index contributed by atoms with van der Waals surface area (Å²) in [5.74, 6) is 0.102. The monoisotopic (exact) mass is 382 g/mol. The van der Waals surface area contributed by atoms with Crippen LogP contribution in [0.2, 0.25) is 0 Å². The number of carbonyl (C=O) groups is 1. The van der Waals surface area contributed by atoms with Crippen molar-refractivity contribution < 1.29 is 9.90 Å². The van der Waals surface area contributed by atoms with Crippen LogP contribution in [0.3, 0.4) is 0 Å². The second kappa shape index (κ2) is 6.49. The standard InChI is InChI=1S/C20H22N4O2S/c25-19(26)14-10-20(11-14)3-7-24(8-4-20)12-13-1-2-16-15(9-13)23-17-18(27-16)22-6-5-21-17/h1-2,5-6,9,14H,3-4,7-8,10-12H2,(H,21,23)(H,25,26). The number of anilines is 2. The molecule has 27 heavy (non-hydrogen) atoms. The maximum absolute atomic E-state index is 11.1. The van der Waals surface area contributed by atoms with Crippen LogP contribution in [0.4, 0.5) is 11.5 Å². The number of carboxylic acids is 1. The summed E-state index contributed by atoms with van der Waals surface area (Å²) in [6.45, 7) is 3.05. The highest BCUT2D eigenvalue weighted by Gasteiger charge is 2.48. The minimum atomic E-state index is -0.617. The lowest BCUT2D eigenvalue weighted by molar-refractivity contribution is -0.152. The third kappa shape index (κ3) is 3.19. The van der Waals surface area contributed by atoms with Crippen LogP contribution in [0.5, 0.6) is 0 Å². The molecule has 1 spiro atoms. The van der Waals surface area contributed by atoms with E-state index in [9.17, 15) is 4.79 Å². The van der Waals surface area contributed by atoms with Crippen molar-refractivity contribution in [3.8, 4) is 0 Å². The van der Waals surface area contributed by atoms with Gasteiger partial charge in [0.2, 0.25) is 0 Å². The summed E-state index contributed by atoms with van der Waals surface area (Å²) in [6, 6.07) is 6.58. The van der Waals surface area contributed by atoms with Crippen LogP contribution in [-0.4, -0.2) is 39.0 Å². The molecule has 2 aromatic rings. The molecule has 5 rings (SSSR count). The minimum absolute atomic E-state index is 0.105. The van der Waals surface area contributed by atoms with Gasteiger partial charge in [-0.1, -0.05) is 17.8 Å². The molecule has 1 aliphatic carbocycles. The maximum Gasteiger partial charge on any atom is 0.306 e. The summed E-state index contributed by atoms with van der Waals surface area (Å²) in [5, 5.41) is 13.4. The van der Waals surface area contributed by atoms with Crippen LogP contribution in [0.1, 0.15) is 31.2 Å². The summed E-state index contributed by atoms with van der Waals surface area (Å²) in [7, 11) is 0. The van der Waals surface area contributed by atoms with Gasteiger partial charge in [-0.15, -0.1) is 0 Å². The Kier molecular flexibility index (Phi) is 4.09. The van der Waals surface area contributed by atoms with Gasteiger partial charge in [-0.2, -0.15) is 0 Å². The predicted octanol–water partition coefficient (Wildman–Crippen LogP) is 3.76. The van der Waals surface area contributed by atoms with E-state index in [1.807, 2.05) is 0 Å². The summed E-state index contributed by atoms with van der Waals surface area (Å²) in [6.07, 6.45) is 7.42. The van der Waals surface area contributed by atoms with Crippen LogP contribution < -0.4 is 5.32 Å². The van der Waals surface area contributed by atoms with Crippen LogP contribution in [0.25, 0.3) is 0 Å². The second-order valence-corrected chi connectivity index (χ2v) is 9.02. The van der Waals surface area contributed by atoms with Gasteiger partial charge >= 0.3 is 5.97 Å². The molecule has 1 aromatic carbocycles. The Balaban J connectivity index is 1.21. The molecule has 7 heteroatoms. The Morgan fingerprint density at radius 1 is 1.26 bits per heavy atom. The number of carboxylic acid groups (broad SMARTS) is 1. The molecular weight excluding hydrogens is 360 g/mol. The lowest BCUT2D eigenvalue weighted by Crippen LogP contribution is -2.48. The normalized spacial score (nSPS) is 21.0. The lowest BCUT2D eigenvalue weighted by Gasteiger charge is -2.51. The van der Waals surface area contributed by atoms with Gasteiger partial charge in [0.25, 0.3) is 0 Å². The lowest BCUT2D eigenvalue weighted by atomic mass is 9.57. The first-order valence-corrected chi connectivity index (χ1v) is 10.3. The third-order valence-electron chi connectivity index (χ3n) is 6.20. The number of aliphatic carboxylic acids is 1. The van der Waals surface area contributed by atoms with Crippen LogP contribution in [0.15, 0.2) is 40.5 Å². The van der Waals surface area contributed by atoms with Crippen molar-refractivity contribution in [3.05, 3.63) is 36.2 Å². The predicted molar refractivity (Wildman–Crippen MR) is 103 cm³/mol. The first-order valence-electron chi connectivity index (χ1n) is 9.44. The quantitative estimate of drug-likeness (QED) is 0.714. The fraction of sp³-hybridized carbons (Fsp3) is 0.450. The molecule has 2 fully saturated rings. The minimum Gasteiger partial charge on any atom is -0.481 e. The van der Waals surface area contributed by atoms with E-state index in [0.717, 1.165) is 61.8 Å². The Morgan fingerprint density at radius 3 is 2.81 bits per heavy atom. The molecule has 2 aliphatic heterocycles. The van der Waals surface area contributed by atoms with E-state index in [1.165, 1.54) is 10.5 Å². The first kappa shape index (κ1) is 17.0. The molecule has 1 saturated heterocycles. The van der Waals surface area contributed by atoms with Crippen molar-refractivity contribution in [1.29, 1.82) is 0 Å². The second-order valence-electron chi connectivity index (χ2n) is 7.99. The maximum atomic E-state index is 11.1. The number of nitrogens with one attached hydrogen (secondary N) is 1. The number of hydrogen-bond donors (Lipinski definition) is 2. The zero-order valence-electron chi connectivity index (χ0n) is 15.0. The fourth-order valence-electron chi connectivity index (χ4n) is 4.59. The van der Waals surface area contributed by atoms with Gasteiger partial charge in [-0.3, -0.25) is 9.69 Å². The molecule has 2 N–H and O–H groups in total. The molecule has 3 heterocycles. The van der Waals surface area contributed by atoms with Gasteiger partial charge in [0, 0.05) is 23.8 Å². The fourth-order valence-corrected chi connectivity index (χ4v) is 5.47. The molecular formula is C20H22N4O2S. The Bertz CT molecular complexity index is 887. The Hall–Kier alpha value is -2.12. The molecule has 1 aromatic heterocycles. The van der Waals surface area contributed by atoms with E-state index < -0.39 is 5.97 Å². The molecule has 140 valence electrons. The number of fused-ring (bicyclic) bond motifs is 2. The third-order valence-corrected chi connectivity index (χ3v) is 7.27. The summed E-state index contributed by atoms with van der Waals surface area (Å²) in [4.78, 5) is 23.5. The number of benzene rings is 1. The average molecular weight is 382 g/mol. The Labute approximate surface area is 162 Å². The van der Waals surface area contributed by atoms with Gasteiger partial charge in [-0.25, -0.2) is 9.97 Å². The molecule has 0 atom stereocenters. The van der Waals surface area contributed by atoms with E-state index in [0.29, 0.717) is 5.41 Å². The highest BCUT2D eigenvalue weighted by Crippen LogP contribution is 2.52. The van der Waals surface area contributed by atoms with E-state index in [4.69, 9.17) is 5.11 Å². The molecule has 0 amide bonds. The smallest absolute Gasteiger partial charge is 0.306 e. The van der Waals surface area contributed by atoms with Crippen LogP contribution >= 0.6 is 11.8 Å². The largest absolute Gasteiger partial charge is 0.481 e. The van der Waals surface area contributed by atoms with Crippen LogP contribution in [0, 0.1) is 11.3 Å². The van der Waals surface area contributed by atoms with Crippen molar-refractivity contribution in [2.75, 3.05) is 18.4 Å². The Morgan fingerprint density at radius 2 is 2.04 bits per heavy atom. The van der Waals surface area contributed by atoms with Crippen molar-refractivity contribution in [1.82, 2.24) is 14.9 Å². The van der Waals surface area contributed by atoms with E-state index in [2.05, 4.69) is 38.4 Å². The molecule has 6 nitrogen and oxygen atoms in total. The number of likely N-dealkylation sites (tertiary alicyclic amines) is 1. The number of nitrogens with zero attached hydrogens (tertiary/aromatic N) is 3. The van der Waals surface area contributed by atoms with Crippen molar-refractivity contribution in [2.45, 2.75) is 42.1 Å². The summed E-state index contributed by atoms with van der Waals surface area (Å²) in [5.41, 5.74) is 2.69. The van der Waals surface area contributed by atoms with Gasteiger partial charge in [-0.05, 0) is 61.9 Å². The molecule has 3 aliphatic rings. The summed E-state index contributed by atoms with van der Waals surface area (Å²) < 4.78 is 0. The number of piperidine rings is 1. The molecule has 0 unspecified atom stereocenters. The van der Waals surface area contributed by atoms with Gasteiger partial charge in [0.05, 0.1) is 11.6 Å². The van der Waals surface area contributed by atoms with E-state index in [1.54, 1.807) is 24.2 Å². The van der Waals surface area contributed by atoms with Gasteiger partial charge < -0.3 is 10.4 Å². The number of hydrogen-bond acceptors (Lipinski definition) is 6. The van der Waals surface area contributed by atoms with Crippen LogP contribution in [-0.2, 0) is 11.3 Å². The number of aromatic nitrogens is 2.